The molecule has 0 bridgehead atoms. The summed E-state index contributed by atoms with van der Waals surface area (Å²) in [5.74, 6) is 0.245. The highest BCUT2D eigenvalue weighted by Crippen LogP contribution is 2.53. The number of urea groups is 1. The molecule has 174 valence electrons. The summed E-state index contributed by atoms with van der Waals surface area (Å²) in [4.78, 5) is 26.5. The smallest absolute Gasteiger partial charge is 0.447 e. The molecule has 1 aromatic rings. The van der Waals surface area contributed by atoms with Gasteiger partial charge in [-0.05, 0) is 42.9 Å². The standard InChI is InChI=1S/C20H22F3N3O5S/c21-20(22,23)32(29,30)15-3-1-2-13(5-15)4-14-6-18(7-14)8-25(9-18)17(28)26-10-19(11-26)12-31-16(27)24-19/h1-3,5,14H,4,6-12H2,(H,24,27). The van der Waals surface area contributed by atoms with E-state index in [9.17, 15) is 31.2 Å². The van der Waals surface area contributed by atoms with Gasteiger partial charge in [0.15, 0.2) is 0 Å². The van der Waals surface area contributed by atoms with E-state index in [1.165, 1.54) is 6.07 Å². The number of alkyl halides is 3. The van der Waals surface area contributed by atoms with Gasteiger partial charge in [0.25, 0.3) is 9.84 Å². The maximum Gasteiger partial charge on any atom is 0.501 e. The molecule has 3 aliphatic heterocycles. The number of nitrogens with one attached hydrogen (secondary N) is 1. The summed E-state index contributed by atoms with van der Waals surface area (Å²) >= 11 is 0. The second-order valence-corrected chi connectivity index (χ2v) is 11.5. The first-order chi connectivity index (χ1) is 14.9. The molecule has 0 unspecified atom stereocenters. The maximum absolute atomic E-state index is 12.8. The molecule has 3 heterocycles. The molecule has 32 heavy (non-hydrogen) atoms. The fraction of sp³-hybridized carbons (Fsp3) is 0.600. The van der Waals surface area contributed by atoms with Crippen LogP contribution in [0.3, 0.4) is 0 Å². The molecule has 1 aliphatic carbocycles. The van der Waals surface area contributed by atoms with Crippen LogP contribution in [0.1, 0.15) is 18.4 Å². The zero-order valence-corrected chi connectivity index (χ0v) is 17.8. The van der Waals surface area contributed by atoms with Gasteiger partial charge in [0, 0.05) is 18.5 Å². The summed E-state index contributed by atoms with van der Waals surface area (Å²) < 4.78 is 66.5. The average Bonchev–Trinajstić information content (AvgIpc) is 3.02. The van der Waals surface area contributed by atoms with Crippen LogP contribution in [0.15, 0.2) is 29.2 Å². The predicted molar refractivity (Wildman–Crippen MR) is 104 cm³/mol. The highest BCUT2D eigenvalue weighted by Gasteiger charge is 2.57. The van der Waals surface area contributed by atoms with Crippen molar-refractivity contribution < 1.29 is 35.9 Å². The summed E-state index contributed by atoms with van der Waals surface area (Å²) in [6.45, 7) is 2.41. The lowest BCUT2D eigenvalue weighted by molar-refractivity contribution is -0.0827. The lowest BCUT2D eigenvalue weighted by Crippen LogP contribution is -2.74. The van der Waals surface area contributed by atoms with Gasteiger partial charge in [0.05, 0.1) is 18.0 Å². The summed E-state index contributed by atoms with van der Waals surface area (Å²) in [5.41, 5.74) is -5.16. The number of ether oxygens (including phenoxy) is 1. The lowest BCUT2D eigenvalue weighted by Gasteiger charge is -2.61. The molecule has 2 spiro atoms. The van der Waals surface area contributed by atoms with Crippen molar-refractivity contribution in [2.24, 2.45) is 11.3 Å². The van der Waals surface area contributed by atoms with Gasteiger partial charge in [0.2, 0.25) is 0 Å². The van der Waals surface area contributed by atoms with Crippen molar-refractivity contribution in [2.45, 2.75) is 35.2 Å². The summed E-state index contributed by atoms with van der Waals surface area (Å²) in [7, 11) is -5.35. The Labute approximate surface area is 182 Å². The fourth-order valence-electron chi connectivity index (χ4n) is 5.46. The SMILES string of the molecule is O=C1NC2(CO1)CN(C(=O)N1CC3(CC(Cc4cccc(S(=O)(=O)C(F)(F)F)c4)C3)C1)C2. The van der Waals surface area contributed by atoms with Crippen LogP contribution in [-0.2, 0) is 21.0 Å². The van der Waals surface area contributed by atoms with E-state index in [-0.39, 0.29) is 24.0 Å². The molecule has 0 radical (unpaired) electrons. The van der Waals surface area contributed by atoms with Crippen LogP contribution in [-0.4, -0.2) is 74.2 Å². The predicted octanol–water partition coefficient (Wildman–Crippen LogP) is 2.15. The van der Waals surface area contributed by atoms with Crippen molar-refractivity contribution in [3.8, 4) is 0 Å². The number of nitrogens with zero attached hydrogens (tertiary/aromatic N) is 2. The largest absolute Gasteiger partial charge is 0.501 e. The van der Waals surface area contributed by atoms with Gasteiger partial charge in [-0.25, -0.2) is 18.0 Å². The quantitative estimate of drug-likeness (QED) is 0.726. The summed E-state index contributed by atoms with van der Waals surface area (Å²) in [6, 6.07) is 4.99. The Morgan fingerprint density at radius 2 is 1.81 bits per heavy atom. The van der Waals surface area contributed by atoms with Crippen LogP contribution in [0.5, 0.6) is 0 Å². The first-order valence-corrected chi connectivity index (χ1v) is 11.8. The number of carbonyl (C=O) groups is 2. The van der Waals surface area contributed by atoms with E-state index < -0.39 is 31.9 Å². The van der Waals surface area contributed by atoms with Crippen LogP contribution in [0.2, 0.25) is 0 Å². The van der Waals surface area contributed by atoms with E-state index in [2.05, 4.69) is 5.32 Å². The minimum atomic E-state index is -5.35. The van der Waals surface area contributed by atoms with Crippen LogP contribution >= 0.6 is 0 Å². The highest BCUT2D eigenvalue weighted by molar-refractivity contribution is 7.92. The monoisotopic (exact) mass is 473 g/mol. The number of rotatable bonds is 3. The van der Waals surface area contributed by atoms with Crippen molar-refractivity contribution >= 4 is 22.0 Å². The molecule has 4 aliphatic rings. The fourth-order valence-corrected chi connectivity index (χ4v) is 6.29. The molecule has 5 rings (SSSR count). The molecular formula is C20H22F3N3O5S. The number of carbonyl (C=O) groups excluding carboxylic acids is 2. The number of amides is 3. The molecule has 1 aromatic carbocycles. The van der Waals surface area contributed by atoms with Crippen LogP contribution in [0.4, 0.5) is 22.8 Å². The van der Waals surface area contributed by atoms with E-state index in [4.69, 9.17) is 4.74 Å². The first-order valence-electron chi connectivity index (χ1n) is 10.3. The van der Waals surface area contributed by atoms with E-state index in [0.717, 1.165) is 25.0 Å². The number of likely N-dealkylation sites (tertiary alicyclic amines) is 2. The van der Waals surface area contributed by atoms with E-state index >= 15 is 0 Å². The number of benzene rings is 1. The number of halogens is 3. The van der Waals surface area contributed by atoms with Crippen LogP contribution in [0, 0.1) is 11.3 Å². The Hall–Kier alpha value is -2.50. The van der Waals surface area contributed by atoms with Gasteiger partial charge >= 0.3 is 17.6 Å². The molecule has 1 N–H and O–H groups in total. The zero-order chi connectivity index (χ0) is 22.9. The second-order valence-electron chi connectivity index (χ2n) is 9.55. The lowest BCUT2D eigenvalue weighted by atomic mass is 9.56. The molecule has 0 aromatic heterocycles. The van der Waals surface area contributed by atoms with Gasteiger partial charge < -0.3 is 19.9 Å². The molecule has 12 heteroatoms. The van der Waals surface area contributed by atoms with E-state index in [1.807, 2.05) is 0 Å². The molecule has 3 amide bonds. The molecule has 0 atom stereocenters. The van der Waals surface area contributed by atoms with E-state index in [0.29, 0.717) is 38.2 Å². The molecular weight excluding hydrogens is 451 g/mol. The number of hydrogen-bond acceptors (Lipinski definition) is 5. The number of alkyl carbamates (subject to hydrolysis) is 1. The third kappa shape index (κ3) is 3.39. The molecule has 4 fully saturated rings. The Bertz CT molecular complexity index is 1070. The third-order valence-electron chi connectivity index (χ3n) is 6.91. The minimum Gasteiger partial charge on any atom is -0.447 e. The van der Waals surface area contributed by atoms with Gasteiger partial charge in [-0.2, -0.15) is 13.2 Å². The van der Waals surface area contributed by atoms with Gasteiger partial charge in [-0.1, -0.05) is 12.1 Å². The first kappa shape index (κ1) is 21.4. The number of cyclic esters (lactones) is 1. The summed E-state index contributed by atoms with van der Waals surface area (Å²) in [5, 5.41) is 2.74. The van der Waals surface area contributed by atoms with Crippen molar-refractivity contribution in [3.05, 3.63) is 29.8 Å². The van der Waals surface area contributed by atoms with Crippen LogP contribution in [0.25, 0.3) is 0 Å². The van der Waals surface area contributed by atoms with Crippen molar-refractivity contribution in [3.63, 3.8) is 0 Å². The van der Waals surface area contributed by atoms with Crippen LogP contribution < -0.4 is 5.32 Å². The van der Waals surface area contributed by atoms with Crippen molar-refractivity contribution in [2.75, 3.05) is 32.8 Å². The Balaban J connectivity index is 1.11. The third-order valence-corrected chi connectivity index (χ3v) is 8.39. The van der Waals surface area contributed by atoms with Crippen molar-refractivity contribution in [1.29, 1.82) is 0 Å². The van der Waals surface area contributed by atoms with Gasteiger partial charge in [0.1, 0.15) is 12.1 Å². The highest BCUT2D eigenvalue weighted by atomic mass is 32.2. The number of sulfone groups is 1. The Morgan fingerprint density at radius 1 is 1.16 bits per heavy atom. The Kier molecular flexibility index (Phi) is 4.50. The minimum absolute atomic E-state index is 0.0449. The van der Waals surface area contributed by atoms with Gasteiger partial charge in [-0.15, -0.1) is 0 Å². The second kappa shape index (κ2) is 6.75. The topological polar surface area (TPSA) is 96.0 Å². The Morgan fingerprint density at radius 3 is 2.41 bits per heavy atom. The molecule has 8 nitrogen and oxygen atoms in total. The van der Waals surface area contributed by atoms with E-state index in [1.54, 1.807) is 15.9 Å². The summed E-state index contributed by atoms with van der Waals surface area (Å²) in [6.07, 6.45) is 1.74. The van der Waals surface area contributed by atoms with Gasteiger partial charge in [-0.3, -0.25) is 0 Å². The average molecular weight is 473 g/mol. The normalized spacial score (nSPS) is 23.9. The molecule has 3 saturated heterocycles. The molecule has 1 saturated carbocycles. The number of hydrogen-bond donors (Lipinski definition) is 1. The van der Waals surface area contributed by atoms with Crippen molar-refractivity contribution in [1.82, 2.24) is 15.1 Å². The zero-order valence-electron chi connectivity index (χ0n) is 17.0. The maximum atomic E-state index is 12.8.